The average Bonchev–Trinajstić information content (AvgIpc) is 2.60. The fourth-order valence-electron chi connectivity index (χ4n) is 2.82. The molecule has 5 nitrogen and oxygen atoms in total. The van der Waals surface area contributed by atoms with Gasteiger partial charge in [0.15, 0.2) is 0 Å². The molecule has 0 saturated carbocycles. The van der Waals surface area contributed by atoms with Gasteiger partial charge in [-0.15, -0.1) is 0 Å². The van der Waals surface area contributed by atoms with Gasteiger partial charge in [-0.1, -0.05) is 30.3 Å². The second kappa shape index (κ2) is 9.14. The lowest BCUT2D eigenvalue weighted by Gasteiger charge is -2.21. The lowest BCUT2D eigenvalue weighted by molar-refractivity contribution is -0.143. The van der Waals surface area contributed by atoms with Crippen LogP contribution in [0.1, 0.15) is 32.8 Å². The standard InChI is InChI=1S/C19H25O5P/c1-4-22-19(20)14-12-17-16-10-8-7-9-15(16)11-13-18(17)25(21,23-5-2)24-6-3/h7-11,13H,4-6,12,14H2,1-3H3. The minimum absolute atomic E-state index is 0.215. The Hall–Kier alpha value is -1.68. The Balaban J connectivity index is 2.52. The van der Waals surface area contributed by atoms with Crippen LogP contribution in [0.25, 0.3) is 10.8 Å². The van der Waals surface area contributed by atoms with Gasteiger partial charge in [0.2, 0.25) is 0 Å². The van der Waals surface area contributed by atoms with Gasteiger partial charge < -0.3 is 13.8 Å². The summed E-state index contributed by atoms with van der Waals surface area (Å²) < 4.78 is 29.3. The highest BCUT2D eigenvalue weighted by Crippen LogP contribution is 2.48. The molecule has 0 aromatic heterocycles. The molecule has 0 spiro atoms. The van der Waals surface area contributed by atoms with E-state index in [9.17, 15) is 9.36 Å². The van der Waals surface area contributed by atoms with Gasteiger partial charge in [-0.2, -0.15) is 0 Å². The highest BCUT2D eigenvalue weighted by molar-refractivity contribution is 7.62. The van der Waals surface area contributed by atoms with Crippen molar-refractivity contribution in [2.75, 3.05) is 19.8 Å². The normalized spacial score (nSPS) is 11.6. The van der Waals surface area contributed by atoms with Crippen LogP contribution in [0.15, 0.2) is 36.4 Å². The molecule has 2 aromatic carbocycles. The van der Waals surface area contributed by atoms with E-state index in [0.29, 0.717) is 18.3 Å². The summed E-state index contributed by atoms with van der Waals surface area (Å²) in [5.74, 6) is -0.274. The van der Waals surface area contributed by atoms with Crippen molar-refractivity contribution < 1.29 is 23.1 Å². The molecule has 2 rings (SSSR count). The molecule has 0 bridgehead atoms. The van der Waals surface area contributed by atoms with Gasteiger partial charge in [0.1, 0.15) is 0 Å². The van der Waals surface area contributed by atoms with E-state index in [1.165, 1.54) is 0 Å². The average molecular weight is 364 g/mol. The molecule has 0 atom stereocenters. The van der Waals surface area contributed by atoms with E-state index in [2.05, 4.69) is 0 Å². The fourth-order valence-corrected chi connectivity index (χ4v) is 4.67. The lowest BCUT2D eigenvalue weighted by atomic mass is 10.0. The monoisotopic (exact) mass is 364 g/mol. The Morgan fingerprint density at radius 1 is 0.960 bits per heavy atom. The zero-order valence-electron chi connectivity index (χ0n) is 15.0. The van der Waals surface area contributed by atoms with Crippen molar-refractivity contribution in [3.05, 3.63) is 42.0 Å². The number of hydrogen-bond acceptors (Lipinski definition) is 5. The number of benzene rings is 2. The van der Waals surface area contributed by atoms with Gasteiger partial charge in [-0.05, 0) is 49.6 Å². The Labute approximate surface area is 148 Å². The molecule has 0 amide bonds. The molecule has 136 valence electrons. The van der Waals surface area contributed by atoms with Crippen molar-refractivity contribution in [2.45, 2.75) is 33.6 Å². The van der Waals surface area contributed by atoms with Crippen LogP contribution in [0.5, 0.6) is 0 Å². The number of hydrogen-bond donors (Lipinski definition) is 0. The van der Waals surface area contributed by atoms with Gasteiger partial charge in [0.25, 0.3) is 0 Å². The zero-order chi connectivity index (χ0) is 18.3. The number of carbonyl (C=O) groups is 1. The van der Waals surface area contributed by atoms with Crippen molar-refractivity contribution in [3.63, 3.8) is 0 Å². The quantitative estimate of drug-likeness (QED) is 0.492. The third-order valence-electron chi connectivity index (χ3n) is 3.79. The number of ether oxygens (including phenoxy) is 1. The van der Waals surface area contributed by atoms with Crippen LogP contribution >= 0.6 is 7.60 Å². The number of carbonyl (C=O) groups excluding carboxylic acids is 1. The van der Waals surface area contributed by atoms with E-state index in [4.69, 9.17) is 13.8 Å². The fraction of sp³-hybridized carbons (Fsp3) is 0.421. The molecule has 0 saturated heterocycles. The summed E-state index contributed by atoms with van der Waals surface area (Å²) in [5, 5.41) is 2.49. The Morgan fingerprint density at radius 2 is 1.64 bits per heavy atom. The number of aryl methyl sites for hydroxylation is 1. The van der Waals surface area contributed by atoms with E-state index < -0.39 is 7.60 Å². The first-order valence-corrected chi connectivity index (χ1v) is 10.2. The third kappa shape index (κ3) is 4.69. The number of esters is 1. The first kappa shape index (κ1) is 19.6. The van der Waals surface area contributed by atoms with Crippen LogP contribution < -0.4 is 5.30 Å². The predicted octanol–water partition coefficient (Wildman–Crippen LogP) is 4.23. The molecule has 0 heterocycles. The molecule has 2 aromatic rings. The maximum Gasteiger partial charge on any atom is 0.361 e. The van der Waals surface area contributed by atoms with Crippen molar-refractivity contribution in [3.8, 4) is 0 Å². The van der Waals surface area contributed by atoms with Crippen LogP contribution in [0, 0.1) is 0 Å². The third-order valence-corrected chi connectivity index (χ3v) is 6.00. The SMILES string of the molecule is CCOC(=O)CCc1c(P(=O)(OCC)OCC)ccc2ccccc12. The van der Waals surface area contributed by atoms with Crippen molar-refractivity contribution in [2.24, 2.45) is 0 Å². The van der Waals surface area contributed by atoms with Crippen LogP contribution in [0.4, 0.5) is 0 Å². The smallest absolute Gasteiger partial charge is 0.361 e. The summed E-state index contributed by atoms with van der Waals surface area (Å²) >= 11 is 0. The molecule has 0 fully saturated rings. The molecule has 0 aliphatic rings. The van der Waals surface area contributed by atoms with Crippen LogP contribution in [0.2, 0.25) is 0 Å². The van der Waals surface area contributed by atoms with E-state index in [0.717, 1.165) is 16.3 Å². The first-order valence-electron chi connectivity index (χ1n) is 8.61. The van der Waals surface area contributed by atoms with E-state index in [-0.39, 0.29) is 25.6 Å². The molecule has 0 aliphatic carbocycles. The maximum atomic E-state index is 13.3. The second-order valence-electron chi connectivity index (χ2n) is 5.42. The van der Waals surface area contributed by atoms with Gasteiger partial charge in [0.05, 0.1) is 25.1 Å². The van der Waals surface area contributed by atoms with Gasteiger partial charge in [0, 0.05) is 6.42 Å². The van der Waals surface area contributed by atoms with Crippen LogP contribution in [-0.4, -0.2) is 25.8 Å². The second-order valence-corrected chi connectivity index (χ2v) is 7.42. The summed E-state index contributed by atoms with van der Waals surface area (Å²) in [6.45, 7) is 6.25. The maximum absolute atomic E-state index is 13.3. The van der Waals surface area contributed by atoms with Gasteiger partial charge in [-0.3, -0.25) is 9.36 Å². The highest BCUT2D eigenvalue weighted by Gasteiger charge is 2.30. The highest BCUT2D eigenvalue weighted by atomic mass is 31.2. The summed E-state index contributed by atoms with van der Waals surface area (Å²) in [6.07, 6.45) is 0.632. The molecule has 0 N–H and O–H groups in total. The Morgan fingerprint density at radius 3 is 2.28 bits per heavy atom. The molecule has 0 radical (unpaired) electrons. The summed E-state index contributed by atoms with van der Waals surface area (Å²) in [7, 11) is -3.44. The molecular weight excluding hydrogens is 339 g/mol. The summed E-state index contributed by atoms with van der Waals surface area (Å²) in [4.78, 5) is 11.8. The van der Waals surface area contributed by atoms with Crippen molar-refractivity contribution in [1.82, 2.24) is 0 Å². The molecular formula is C19H25O5P. The minimum Gasteiger partial charge on any atom is -0.466 e. The summed E-state index contributed by atoms with van der Waals surface area (Å²) in [6, 6.07) is 11.5. The number of fused-ring (bicyclic) bond motifs is 1. The first-order chi connectivity index (χ1) is 12.1. The molecule has 6 heteroatoms. The van der Waals surface area contributed by atoms with Crippen molar-refractivity contribution in [1.29, 1.82) is 0 Å². The summed E-state index contributed by atoms with van der Waals surface area (Å²) in [5.41, 5.74) is 0.816. The van der Waals surface area contributed by atoms with Crippen LogP contribution in [0.3, 0.4) is 0 Å². The largest absolute Gasteiger partial charge is 0.466 e. The predicted molar refractivity (Wildman–Crippen MR) is 99.4 cm³/mol. The number of rotatable bonds is 9. The van der Waals surface area contributed by atoms with E-state index in [1.807, 2.05) is 30.3 Å². The Kier molecular flexibility index (Phi) is 7.18. The van der Waals surface area contributed by atoms with Gasteiger partial charge in [-0.25, -0.2) is 0 Å². The molecule has 0 aliphatic heterocycles. The topological polar surface area (TPSA) is 61.8 Å². The zero-order valence-corrected chi connectivity index (χ0v) is 15.9. The minimum atomic E-state index is -3.44. The molecule has 25 heavy (non-hydrogen) atoms. The Bertz CT molecular complexity index is 761. The van der Waals surface area contributed by atoms with E-state index >= 15 is 0 Å². The lowest BCUT2D eigenvalue weighted by Crippen LogP contribution is -2.17. The van der Waals surface area contributed by atoms with Crippen LogP contribution in [-0.2, 0) is 29.6 Å². The van der Waals surface area contributed by atoms with Crippen molar-refractivity contribution >= 4 is 29.6 Å². The molecule has 0 unspecified atom stereocenters. The van der Waals surface area contributed by atoms with E-state index in [1.54, 1.807) is 26.8 Å². The van der Waals surface area contributed by atoms with Gasteiger partial charge >= 0.3 is 13.6 Å².